The second kappa shape index (κ2) is 12.5. The average molecular weight is 526 g/mol. The summed E-state index contributed by atoms with van der Waals surface area (Å²) in [5.74, 6) is 1.64. The molecule has 0 saturated carbocycles. The Kier molecular flexibility index (Phi) is 11.1. The van der Waals surface area contributed by atoms with Gasteiger partial charge in [-0.15, -0.1) is 24.0 Å². The van der Waals surface area contributed by atoms with Crippen molar-refractivity contribution in [2.45, 2.75) is 26.8 Å². The number of nitrogens with two attached hydrogens (primary N) is 1. The van der Waals surface area contributed by atoms with Crippen LogP contribution in [0.25, 0.3) is 0 Å². The molecule has 0 amide bonds. The van der Waals surface area contributed by atoms with Gasteiger partial charge in [-0.2, -0.15) is 0 Å². The molecule has 4 N–H and O–H groups in total. The standard InChI is InChI=1S/C18H30N4O4S.HI/c1-3-20-18(21-7-9-27(19,23)24)22-11-16-5-4-14(2)10-17(16)26-13-15-6-8-25-12-15;/h4-5,10,15H,3,6-9,11-13H2,1-2H3,(H2,19,23,24)(H2,20,21,22);1H. The van der Waals surface area contributed by atoms with E-state index in [1.54, 1.807) is 0 Å². The largest absolute Gasteiger partial charge is 0.493 e. The van der Waals surface area contributed by atoms with Crippen molar-refractivity contribution in [1.29, 1.82) is 0 Å². The summed E-state index contributed by atoms with van der Waals surface area (Å²) in [5, 5.41) is 11.1. The molecule has 1 atom stereocenters. The van der Waals surface area contributed by atoms with Gasteiger partial charge in [0.25, 0.3) is 0 Å². The highest BCUT2D eigenvalue weighted by Crippen LogP contribution is 2.23. The minimum Gasteiger partial charge on any atom is -0.493 e. The molecule has 1 saturated heterocycles. The van der Waals surface area contributed by atoms with Gasteiger partial charge in [0.2, 0.25) is 10.0 Å². The molecular formula is C18H31IN4O4S. The summed E-state index contributed by atoms with van der Waals surface area (Å²) in [5.41, 5.74) is 2.10. The number of halogens is 1. The Hall–Kier alpha value is -1.11. The van der Waals surface area contributed by atoms with Gasteiger partial charge in [-0.3, -0.25) is 0 Å². The summed E-state index contributed by atoms with van der Waals surface area (Å²) in [7, 11) is -3.50. The fraction of sp³-hybridized carbons (Fsp3) is 0.611. The molecule has 2 rings (SSSR count). The Morgan fingerprint density at radius 3 is 2.82 bits per heavy atom. The third-order valence-corrected chi connectivity index (χ3v) is 4.93. The fourth-order valence-corrected chi connectivity index (χ4v) is 3.05. The molecule has 10 heteroatoms. The maximum atomic E-state index is 11.1. The Labute approximate surface area is 184 Å². The van der Waals surface area contributed by atoms with Gasteiger partial charge >= 0.3 is 0 Å². The molecule has 1 heterocycles. The maximum Gasteiger partial charge on any atom is 0.210 e. The number of hydrogen-bond acceptors (Lipinski definition) is 5. The molecule has 0 radical (unpaired) electrons. The zero-order chi connectivity index (χ0) is 19.7. The van der Waals surface area contributed by atoms with E-state index in [-0.39, 0.29) is 36.3 Å². The summed E-state index contributed by atoms with van der Waals surface area (Å²) in [6, 6.07) is 6.05. The molecule has 1 aliphatic rings. The van der Waals surface area contributed by atoms with Crippen LogP contribution in [0.5, 0.6) is 5.75 Å². The highest BCUT2D eigenvalue weighted by Gasteiger charge is 2.17. The third-order valence-electron chi connectivity index (χ3n) is 4.15. The molecule has 1 aromatic carbocycles. The van der Waals surface area contributed by atoms with Crippen LogP contribution in [-0.2, 0) is 21.3 Å². The lowest BCUT2D eigenvalue weighted by molar-refractivity contribution is 0.166. The Balaban J connectivity index is 0.00000392. The van der Waals surface area contributed by atoms with E-state index in [1.165, 1.54) is 0 Å². The first-order chi connectivity index (χ1) is 12.9. The summed E-state index contributed by atoms with van der Waals surface area (Å²) >= 11 is 0. The van der Waals surface area contributed by atoms with Crippen LogP contribution in [0.1, 0.15) is 24.5 Å². The molecule has 0 bridgehead atoms. The molecule has 8 nitrogen and oxygen atoms in total. The van der Waals surface area contributed by atoms with Crippen LogP contribution in [0.2, 0.25) is 0 Å². The first-order valence-electron chi connectivity index (χ1n) is 9.20. The number of primary sulfonamides is 1. The molecule has 1 fully saturated rings. The van der Waals surface area contributed by atoms with E-state index in [0.717, 1.165) is 36.5 Å². The van der Waals surface area contributed by atoms with Gasteiger partial charge in [-0.1, -0.05) is 12.1 Å². The quantitative estimate of drug-likeness (QED) is 0.255. The van der Waals surface area contributed by atoms with E-state index in [0.29, 0.717) is 31.6 Å². The van der Waals surface area contributed by atoms with Gasteiger partial charge in [-0.05, 0) is 31.9 Å². The molecule has 1 unspecified atom stereocenters. The first kappa shape index (κ1) is 24.9. The summed E-state index contributed by atoms with van der Waals surface area (Å²) in [6.45, 7) is 7.43. The molecule has 0 aromatic heterocycles. The smallest absolute Gasteiger partial charge is 0.210 e. The molecule has 160 valence electrons. The number of rotatable bonds is 9. The number of guanidine groups is 1. The minimum atomic E-state index is -3.50. The fourth-order valence-electron chi connectivity index (χ4n) is 2.67. The lowest BCUT2D eigenvalue weighted by atomic mass is 10.1. The van der Waals surface area contributed by atoms with E-state index in [2.05, 4.69) is 15.6 Å². The molecule has 28 heavy (non-hydrogen) atoms. The average Bonchev–Trinajstić information content (AvgIpc) is 3.11. The SMILES string of the molecule is CCNC(=NCc1ccc(C)cc1OCC1CCOC1)NCCS(N)(=O)=O.I. The van der Waals surface area contributed by atoms with Crippen molar-refractivity contribution in [3.63, 3.8) is 0 Å². The van der Waals surface area contributed by atoms with Gasteiger partial charge in [0, 0.05) is 31.2 Å². The summed E-state index contributed by atoms with van der Waals surface area (Å²) in [4.78, 5) is 4.53. The number of aryl methyl sites for hydroxylation is 1. The number of nitrogens with one attached hydrogen (secondary N) is 2. The molecule has 1 aromatic rings. The number of sulfonamides is 1. The van der Waals surface area contributed by atoms with E-state index in [4.69, 9.17) is 14.6 Å². The zero-order valence-electron chi connectivity index (χ0n) is 16.4. The Morgan fingerprint density at radius 2 is 2.18 bits per heavy atom. The normalized spacial score (nSPS) is 17.1. The number of nitrogens with zero attached hydrogens (tertiary/aromatic N) is 1. The second-order valence-corrected chi connectivity index (χ2v) is 8.37. The minimum absolute atomic E-state index is 0. The maximum absolute atomic E-state index is 11.1. The highest BCUT2D eigenvalue weighted by atomic mass is 127. The molecule has 1 aliphatic heterocycles. The van der Waals surface area contributed by atoms with Gasteiger partial charge in [0.1, 0.15) is 5.75 Å². The lowest BCUT2D eigenvalue weighted by Crippen LogP contribution is -2.40. The van der Waals surface area contributed by atoms with Crippen LogP contribution in [0.15, 0.2) is 23.2 Å². The van der Waals surface area contributed by atoms with Gasteiger partial charge in [-0.25, -0.2) is 18.5 Å². The number of hydrogen-bond donors (Lipinski definition) is 3. The molecular weight excluding hydrogens is 495 g/mol. The van der Waals surface area contributed by atoms with E-state index >= 15 is 0 Å². The van der Waals surface area contributed by atoms with Crippen molar-refractivity contribution in [1.82, 2.24) is 10.6 Å². The van der Waals surface area contributed by atoms with E-state index in [9.17, 15) is 8.42 Å². The van der Waals surface area contributed by atoms with Gasteiger partial charge in [0.15, 0.2) is 5.96 Å². The van der Waals surface area contributed by atoms with Gasteiger partial charge < -0.3 is 20.1 Å². The van der Waals surface area contributed by atoms with Crippen molar-refractivity contribution >= 4 is 40.0 Å². The Bertz CT molecular complexity index is 737. The Morgan fingerprint density at radius 1 is 1.39 bits per heavy atom. The van der Waals surface area contributed by atoms with Crippen LogP contribution in [0, 0.1) is 12.8 Å². The summed E-state index contributed by atoms with van der Waals surface area (Å²) < 4.78 is 33.5. The summed E-state index contributed by atoms with van der Waals surface area (Å²) in [6.07, 6.45) is 1.03. The number of benzene rings is 1. The predicted molar refractivity (Wildman–Crippen MR) is 122 cm³/mol. The van der Waals surface area contributed by atoms with Crippen molar-refractivity contribution in [2.75, 3.05) is 38.7 Å². The van der Waals surface area contributed by atoms with Crippen LogP contribution in [0.3, 0.4) is 0 Å². The number of aliphatic imine (C=N–C) groups is 1. The van der Waals surface area contributed by atoms with Crippen LogP contribution in [0.4, 0.5) is 0 Å². The number of ether oxygens (including phenoxy) is 2. The molecule has 0 spiro atoms. The van der Waals surface area contributed by atoms with Crippen molar-refractivity contribution in [3.8, 4) is 5.75 Å². The van der Waals surface area contributed by atoms with Crippen molar-refractivity contribution in [3.05, 3.63) is 29.3 Å². The van der Waals surface area contributed by atoms with Crippen molar-refractivity contribution < 1.29 is 17.9 Å². The topological polar surface area (TPSA) is 115 Å². The van der Waals surface area contributed by atoms with Crippen LogP contribution < -0.4 is 20.5 Å². The predicted octanol–water partition coefficient (Wildman–Crippen LogP) is 1.37. The van der Waals surface area contributed by atoms with Crippen LogP contribution in [-0.4, -0.2) is 53.0 Å². The zero-order valence-corrected chi connectivity index (χ0v) is 19.6. The monoisotopic (exact) mass is 526 g/mol. The highest BCUT2D eigenvalue weighted by molar-refractivity contribution is 14.0. The van der Waals surface area contributed by atoms with Crippen molar-refractivity contribution in [2.24, 2.45) is 16.0 Å². The van der Waals surface area contributed by atoms with Gasteiger partial charge in [0.05, 0.1) is 25.5 Å². The first-order valence-corrected chi connectivity index (χ1v) is 10.9. The van der Waals surface area contributed by atoms with Crippen LogP contribution >= 0.6 is 24.0 Å². The molecule has 0 aliphatic carbocycles. The third kappa shape index (κ3) is 9.39. The lowest BCUT2D eigenvalue weighted by Gasteiger charge is -2.15. The van der Waals surface area contributed by atoms with E-state index in [1.807, 2.05) is 32.0 Å². The van der Waals surface area contributed by atoms with E-state index < -0.39 is 10.0 Å². The second-order valence-electron chi connectivity index (χ2n) is 6.64.